The predicted molar refractivity (Wildman–Crippen MR) is 76.6 cm³/mol. The Morgan fingerprint density at radius 3 is 2.78 bits per heavy atom. The molecule has 0 saturated heterocycles. The second-order valence-corrected chi connectivity index (χ2v) is 7.77. The highest BCUT2D eigenvalue weighted by Gasteiger charge is 2.55. The summed E-state index contributed by atoms with van der Waals surface area (Å²) in [5, 5.41) is 7.12. The molecule has 100 valence electrons. The van der Waals surface area contributed by atoms with Gasteiger partial charge in [-0.3, -0.25) is 0 Å². The Morgan fingerprint density at radius 2 is 2.22 bits per heavy atom. The van der Waals surface area contributed by atoms with Crippen molar-refractivity contribution in [2.75, 3.05) is 0 Å². The van der Waals surface area contributed by atoms with Crippen molar-refractivity contribution in [1.82, 2.24) is 10.3 Å². The number of fused-ring (bicyclic) bond motifs is 2. The average Bonchev–Trinajstić information content (AvgIpc) is 2.73. The van der Waals surface area contributed by atoms with Gasteiger partial charge in [-0.05, 0) is 42.9 Å². The molecule has 0 unspecified atom stereocenters. The highest BCUT2D eigenvalue weighted by Crippen LogP contribution is 2.61. The molecule has 3 aliphatic rings. The molecule has 3 heteroatoms. The molecule has 3 saturated carbocycles. The summed E-state index contributed by atoms with van der Waals surface area (Å²) in [6, 6.07) is 0.700. The predicted octanol–water partition coefficient (Wildman–Crippen LogP) is 3.61. The van der Waals surface area contributed by atoms with E-state index in [1.807, 2.05) is 0 Å². The summed E-state index contributed by atoms with van der Waals surface area (Å²) in [7, 11) is 0. The number of thiazole rings is 1. The Bertz CT molecular complexity index is 437. The Labute approximate surface area is 114 Å². The minimum atomic E-state index is 0.593. The summed E-state index contributed by atoms with van der Waals surface area (Å²) >= 11 is 1.78. The normalized spacial score (nSPS) is 37.3. The molecule has 4 atom stereocenters. The van der Waals surface area contributed by atoms with Gasteiger partial charge in [-0.15, -0.1) is 11.3 Å². The highest BCUT2D eigenvalue weighted by molar-refractivity contribution is 7.09. The van der Waals surface area contributed by atoms with Crippen molar-refractivity contribution in [2.24, 2.45) is 23.2 Å². The molecule has 0 aromatic carbocycles. The molecule has 3 aliphatic carbocycles. The van der Waals surface area contributed by atoms with Gasteiger partial charge in [0.15, 0.2) is 0 Å². The van der Waals surface area contributed by atoms with E-state index in [-0.39, 0.29) is 0 Å². The van der Waals surface area contributed by atoms with Gasteiger partial charge >= 0.3 is 0 Å². The molecule has 0 amide bonds. The summed E-state index contributed by atoms with van der Waals surface area (Å²) in [5.41, 5.74) is 1.74. The van der Waals surface area contributed by atoms with Crippen LogP contribution in [-0.2, 0) is 6.54 Å². The monoisotopic (exact) mass is 264 g/mol. The third kappa shape index (κ3) is 1.92. The maximum absolute atomic E-state index is 4.53. The van der Waals surface area contributed by atoms with Crippen LogP contribution in [0.4, 0.5) is 0 Å². The van der Waals surface area contributed by atoms with Crippen molar-refractivity contribution in [3.63, 3.8) is 0 Å². The molecule has 1 heterocycles. The summed E-state index contributed by atoms with van der Waals surface area (Å²) in [6.45, 7) is 10.4. The molecule has 2 bridgehead atoms. The first kappa shape index (κ1) is 12.6. The molecule has 1 aromatic rings. The zero-order valence-corrected chi connectivity index (χ0v) is 12.7. The van der Waals surface area contributed by atoms with Crippen LogP contribution in [0, 0.1) is 30.1 Å². The van der Waals surface area contributed by atoms with Gasteiger partial charge in [0.05, 0.1) is 0 Å². The van der Waals surface area contributed by atoms with Gasteiger partial charge in [0.1, 0.15) is 5.01 Å². The summed E-state index contributed by atoms with van der Waals surface area (Å²) in [4.78, 5) is 4.53. The number of rotatable bonds is 3. The van der Waals surface area contributed by atoms with E-state index in [0.29, 0.717) is 11.5 Å². The lowest BCUT2D eigenvalue weighted by atomic mass is 9.45. The van der Waals surface area contributed by atoms with Gasteiger partial charge in [-0.2, -0.15) is 0 Å². The van der Waals surface area contributed by atoms with Gasteiger partial charge in [0.2, 0.25) is 0 Å². The zero-order chi connectivity index (χ0) is 12.9. The molecule has 0 radical (unpaired) electrons. The minimum absolute atomic E-state index is 0.593. The maximum Gasteiger partial charge on any atom is 0.107 e. The van der Waals surface area contributed by atoms with Gasteiger partial charge < -0.3 is 5.32 Å². The largest absolute Gasteiger partial charge is 0.307 e. The molecule has 0 spiro atoms. The Kier molecular flexibility index (Phi) is 3.02. The average molecular weight is 264 g/mol. The van der Waals surface area contributed by atoms with Gasteiger partial charge in [0, 0.05) is 23.7 Å². The highest BCUT2D eigenvalue weighted by atomic mass is 32.1. The first-order valence-corrected chi connectivity index (χ1v) is 8.01. The summed E-state index contributed by atoms with van der Waals surface area (Å²) in [6.07, 6.45) is 2.82. The van der Waals surface area contributed by atoms with Crippen LogP contribution >= 0.6 is 11.3 Å². The Hall–Kier alpha value is -0.410. The Balaban J connectivity index is 1.59. The summed E-state index contributed by atoms with van der Waals surface area (Å²) < 4.78 is 0. The molecule has 3 fully saturated rings. The third-order valence-corrected chi connectivity index (χ3v) is 6.50. The van der Waals surface area contributed by atoms with E-state index in [1.165, 1.54) is 17.8 Å². The maximum atomic E-state index is 4.53. The lowest BCUT2D eigenvalue weighted by molar-refractivity contribution is -0.115. The topological polar surface area (TPSA) is 24.9 Å². The number of aromatic nitrogens is 1. The van der Waals surface area contributed by atoms with Crippen molar-refractivity contribution in [3.8, 4) is 0 Å². The molecule has 1 aromatic heterocycles. The molecule has 18 heavy (non-hydrogen) atoms. The quantitative estimate of drug-likeness (QED) is 0.902. The van der Waals surface area contributed by atoms with E-state index in [9.17, 15) is 0 Å². The first-order chi connectivity index (χ1) is 8.48. The number of nitrogens with zero attached hydrogens (tertiary/aromatic N) is 1. The van der Waals surface area contributed by atoms with E-state index < -0.39 is 0 Å². The first-order valence-electron chi connectivity index (χ1n) is 7.13. The molecule has 1 N–H and O–H groups in total. The van der Waals surface area contributed by atoms with Crippen LogP contribution in [0.25, 0.3) is 0 Å². The lowest BCUT2D eigenvalue weighted by Gasteiger charge is -2.62. The zero-order valence-electron chi connectivity index (χ0n) is 11.9. The van der Waals surface area contributed by atoms with Gasteiger partial charge in [0.25, 0.3) is 0 Å². The molecule has 4 rings (SSSR count). The fraction of sp³-hybridized carbons (Fsp3) is 0.800. The van der Waals surface area contributed by atoms with E-state index >= 15 is 0 Å². The summed E-state index contributed by atoms with van der Waals surface area (Å²) in [5.74, 6) is 2.67. The fourth-order valence-corrected chi connectivity index (χ4v) is 4.84. The van der Waals surface area contributed by atoms with Crippen LogP contribution < -0.4 is 5.32 Å². The second kappa shape index (κ2) is 4.31. The fourth-order valence-electron chi connectivity index (χ4n) is 4.12. The van der Waals surface area contributed by atoms with Crippen molar-refractivity contribution in [1.29, 1.82) is 0 Å². The molecule has 2 nitrogen and oxygen atoms in total. The van der Waals surface area contributed by atoms with Crippen LogP contribution in [0.15, 0.2) is 5.38 Å². The van der Waals surface area contributed by atoms with Crippen LogP contribution in [0.5, 0.6) is 0 Å². The Morgan fingerprint density at radius 1 is 1.44 bits per heavy atom. The number of nitrogens with one attached hydrogen (secondary N) is 1. The third-order valence-electron chi connectivity index (χ3n) is 5.54. The van der Waals surface area contributed by atoms with Crippen molar-refractivity contribution >= 4 is 11.3 Å². The van der Waals surface area contributed by atoms with Crippen molar-refractivity contribution in [2.45, 2.75) is 53.1 Å². The molecule has 0 aliphatic heterocycles. The smallest absolute Gasteiger partial charge is 0.107 e. The van der Waals surface area contributed by atoms with Crippen molar-refractivity contribution < 1.29 is 0 Å². The van der Waals surface area contributed by atoms with Gasteiger partial charge in [-0.1, -0.05) is 20.8 Å². The second-order valence-electron chi connectivity index (χ2n) is 6.83. The number of hydrogen-bond acceptors (Lipinski definition) is 3. The standard InChI is InChI=1S/C15H24N2S/c1-9-8-18-14(17-9)7-16-13-6-11-5-12(10(13)2)15(11,3)4/h8,10-13,16H,5-7H2,1-4H3/t10-,11-,12+,13-/m1/s1. The number of aryl methyl sites for hydroxylation is 1. The minimum Gasteiger partial charge on any atom is -0.307 e. The molecular weight excluding hydrogens is 240 g/mol. The van der Waals surface area contributed by atoms with Crippen LogP contribution in [-0.4, -0.2) is 11.0 Å². The van der Waals surface area contributed by atoms with E-state index in [0.717, 1.165) is 30.0 Å². The van der Waals surface area contributed by atoms with E-state index in [1.54, 1.807) is 11.3 Å². The van der Waals surface area contributed by atoms with E-state index in [2.05, 4.69) is 43.4 Å². The van der Waals surface area contributed by atoms with Crippen molar-refractivity contribution in [3.05, 3.63) is 16.1 Å². The lowest BCUT2D eigenvalue weighted by Crippen LogP contribution is -2.59. The SMILES string of the molecule is Cc1csc(CN[C@@H]2C[C@H]3C[C@@H]([C@H]2C)C3(C)C)n1. The molecular formula is C15H24N2S. The van der Waals surface area contributed by atoms with Crippen LogP contribution in [0.3, 0.4) is 0 Å². The van der Waals surface area contributed by atoms with E-state index in [4.69, 9.17) is 0 Å². The number of hydrogen-bond donors (Lipinski definition) is 1. The van der Waals surface area contributed by atoms with Gasteiger partial charge in [-0.25, -0.2) is 4.98 Å². The van der Waals surface area contributed by atoms with Crippen LogP contribution in [0.2, 0.25) is 0 Å². The van der Waals surface area contributed by atoms with Crippen LogP contribution in [0.1, 0.15) is 44.3 Å².